The third kappa shape index (κ3) is 2.71. The molecule has 1 N–H and O–H groups in total. The van der Waals surface area contributed by atoms with Crippen LogP contribution in [-0.4, -0.2) is 26.3 Å². The lowest BCUT2D eigenvalue weighted by molar-refractivity contribution is -0.136. The molecule has 0 unspecified atom stereocenters. The monoisotopic (exact) mass is 247 g/mol. The average molecular weight is 247 g/mol. The van der Waals surface area contributed by atoms with Crippen LogP contribution >= 0.6 is 0 Å². The molecule has 0 spiro atoms. The number of esters is 1. The molecule has 96 valence electrons. The van der Waals surface area contributed by atoms with Gasteiger partial charge in [-0.2, -0.15) is 0 Å². The Hall–Kier alpha value is -1.81. The Labute approximate surface area is 107 Å². The van der Waals surface area contributed by atoms with Gasteiger partial charge in [0.1, 0.15) is 0 Å². The highest BCUT2D eigenvalue weighted by Crippen LogP contribution is 2.19. The maximum absolute atomic E-state index is 11.5. The van der Waals surface area contributed by atoms with E-state index in [1.54, 1.807) is 0 Å². The van der Waals surface area contributed by atoms with E-state index in [9.17, 15) is 4.79 Å². The molecule has 1 aliphatic heterocycles. The highest BCUT2D eigenvalue weighted by molar-refractivity contribution is 5.90. The van der Waals surface area contributed by atoms with Gasteiger partial charge in [-0.15, -0.1) is 0 Å². The third-order valence-corrected chi connectivity index (χ3v) is 2.98. The van der Waals surface area contributed by atoms with Gasteiger partial charge >= 0.3 is 5.97 Å². The predicted molar refractivity (Wildman–Crippen MR) is 67.9 cm³/mol. The van der Waals surface area contributed by atoms with Gasteiger partial charge in [-0.25, -0.2) is 4.79 Å². The normalized spacial score (nSPS) is 16.6. The van der Waals surface area contributed by atoms with Crippen molar-refractivity contribution in [2.45, 2.75) is 13.0 Å². The molecule has 0 radical (unpaired) electrons. The van der Waals surface area contributed by atoms with Crippen LogP contribution in [0.15, 0.2) is 41.6 Å². The maximum atomic E-state index is 11.5. The van der Waals surface area contributed by atoms with Crippen LogP contribution in [0.3, 0.4) is 0 Å². The molecule has 1 aromatic rings. The summed E-state index contributed by atoms with van der Waals surface area (Å²) in [6, 6.07) is 10.2. The van der Waals surface area contributed by atoms with Gasteiger partial charge in [0.2, 0.25) is 0 Å². The van der Waals surface area contributed by atoms with Crippen LogP contribution in [0.2, 0.25) is 0 Å². The Morgan fingerprint density at radius 2 is 2.06 bits per heavy atom. The number of hydrogen-bond donors (Lipinski definition) is 1. The first-order valence-corrected chi connectivity index (χ1v) is 5.92. The molecular weight excluding hydrogens is 230 g/mol. The van der Waals surface area contributed by atoms with Crippen LogP contribution < -0.4 is 5.32 Å². The summed E-state index contributed by atoms with van der Waals surface area (Å²) in [4.78, 5) is 11.5. The Kier molecular flexibility index (Phi) is 3.99. The number of carbonyl (C=O) groups is 1. The summed E-state index contributed by atoms with van der Waals surface area (Å²) in [6.45, 7) is 2.80. The van der Waals surface area contributed by atoms with Crippen molar-refractivity contribution in [1.29, 1.82) is 0 Å². The molecule has 1 heterocycles. The van der Waals surface area contributed by atoms with Crippen molar-refractivity contribution in [3.05, 3.63) is 47.2 Å². The molecule has 2 rings (SSSR count). The zero-order valence-electron chi connectivity index (χ0n) is 10.6. The van der Waals surface area contributed by atoms with Gasteiger partial charge in [-0.05, 0) is 12.5 Å². The number of nitrogens with one attached hydrogen (secondary N) is 1. The first-order chi connectivity index (χ1) is 8.72. The van der Waals surface area contributed by atoms with Crippen molar-refractivity contribution in [1.82, 2.24) is 5.32 Å². The van der Waals surface area contributed by atoms with Crippen LogP contribution in [0.25, 0.3) is 0 Å². The number of rotatable bonds is 4. The summed E-state index contributed by atoms with van der Waals surface area (Å²) in [6.07, 6.45) is 0. The molecule has 0 amide bonds. The van der Waals surface area contributed by atoms with Gasteiger partial charge in [-0.1, -0.05) is 30.3 Å². The van der Waals surface area contributed by atoms with Crippen molar-refractivity contribution < 1.29 is 14.3 Å². The van der Waals surface area contributed by atoms with Crippen LogP contribution in [0, 0.1) is 0 Å². The summed E-state index contributed by atoms with van der Waals surface area (Å²) in [5.41, 5.74) is 2.57. The van der Waals surface area contributed by atoms with E-state index >= 15 is 0 Å². The Bertz CT molecular complexity index is 453. The highest BCUT2D eigenvalue weighted by Gasteiger charge is 2.23. The largest absolute Gasteiger partial charge is 0.466 e. The van der Waals surface area contributed by atoms with Crippen molar-refractivity contribution >= 4 is 5.97 Å². The SMILES string of the molecule is COC(=O)C1=C(N[C@H](C)c2ccccc2)COC1. The van der Waals surface area contributed by atoms with Crippen LogP contribution in [0.5, 0.6) is 0 Å². The number of ether oxygens (including phenoxy) is 2. The van der Waals surface area contributed by atoms with Gasteiger partial charge in [0.25, 0.3) is 0 Å². The molecule has 4 nitrogen and oxygen atoms in total. The van der Waals surface area contributed by atoms with Gasteiger partial charge < -0.3 is 14.8 Å². The molecule has 0 bridgehead atoms. The molecule has 18 heavy (non-hydrogen) atoms. The van der Waals surface area contributed by atoms with Crippen LogP contribution in [-0.2, 0) is 14.3 Å². The first-order valence-electron chi connectivity index (χ1n) is 5.92. The fourth-order valence-corrected chi connectivity index (χ4v) is 1.95. The molecule has 1 aromatic carbocycles. The van der Waals surface area contributed by atoms with Crippen LogP contribution in [0.4, 0.5) is 0 Å². The molecule has 4 heteroatoms. The average Bonchev–Trinajstić information content (AvgIpc) is 2.87. The summed E-state index contributed by atoms with van der Waals surface area (Å²) >= 11 is 0. The quantitative estimate of drug-likeness (QED) is 0.824. The predicted octanol–water partition coefficient (Wildman–Crippen LogP) is 1.79. The second kappa shape index (κ2) is 5.69. The topological polar surface area (TPSA) is 47.6 Å². The van der Waals surface area contributed by atoms with Gasteiger partial charge in [0.15, 0.2) is 0 Å². The highest BCUT2D eigenvalue weighted by atomic mass is 16.5. The summed E-state index contributed by atoms with van der Waals surface area (Å²) < 4.78 is 10.0. The van der Waals surface area contributed by atoms with E-state index in [0.717, 1.165) is 5.70 Å². The lowest BCUT2D eigenvalue weighted by atomic mass is 10.1. The maximum Gasteiger partial charge on any atom is 0.337 e. The number of methoxy groups -OCH3 is 1. The zero-order valence-corrected chi connectivity index (χ0v) is 10.6. The fourth-order valence-electron chi connectivity index (χ4n) is 1.95. The molecule has 0 fully saturated rings. The standard InChI is InChI=1S/C14H17NO3/c1-10(11-6-4-3-5-7-11)15-13-9-18-8-12(13)14(16)17-2/h3-7,10,15H,8-9H2,1-2H3/t10-/m1/s1. The van der Waals surface area contributed by atoms with E-state index in [4.69, 9.17) is 9.47 Å². The summed E-state index contributed by atoms with van der Waals surface area (Å²) in [5, 5.41) is 3.31. The Morgan fingerprint density at radius 1 is 1.33 bits per heavy atom. The molecule has 0 saturated carbocycles. The molecule has 1 aliphatic rings. The fraction of sp³-hybridized carbons (Fsp3) is 0.357. The van der Waals surface area contributed by atoms with Crippen molar-refractivity contribution in [3.63, 3.8) is 0 Å². The number of benzene rings is 1. The molecule has 0 saturated heterocycles. The van der Waals surface area contributed by atoms with Gasteiger partial charge in [0.05, 0.1) is 31.6 Å². The second-order valence-electron chi connectivity index (χ2n) is 4.22. The molecule has 0 aromatic heterocycles. The number of carbonyl (C=O) groups excluding carboxylic acids is 1. The molecular formula is C14H17NO3. The van der Waals surface area contributed by atoms with E-state index in [-0.39, 0.29) is 12.0 Å². The lowest BCUT2D eigenvalue weighted by Crippen LogP contribution is -2.22. The van der Waals surface area contributed by atoms with Gasteiger partial charge in [0, 0.05) is 6.04 Å². The smallest absolute Gasteiger partial charge is 0.337 e. The van der Waals surface area contributed by atoms with Crippen molar-refractivity contribution in [2.75, 3.05) is 20.3 Å². The summed E-state index contributed by atoms with van der Waals surface area (Å²) in [5.74, 6) is -0.324. The van der Waals surface area contributed by atoms with E-state index in [1.165, 1.54) is 12.7 Å². The van der Waals surface area contributed by atoms with E-state index < -0.39 is 0 Å². The molecule has 1 atom stereocenters. The Morgan fingerprint density at radius 3 is 2.72 bits per heavy atom. The minimum absolute atomic E-state index is 0.127. The lowest BCUT2D eigenvalue weighted by Gasteiger charge is -2.16. The van der Waals surface area contributed by atoms with E-state index in [0.29, 0.717) is 18.8 Å². The second-order valence-corrected chi connectivity index (χ2v) is 4.22. The van der Waals surface area contributed by atoms with Crippen LogP contribution in [0.1, 0.15) is 18.5 Å². The third-order valence-electron chi connectivity index (χ3n) is 2.98. The van der Waals surface area contributed by atoms with Gasteiger partial charge in [-0.3, -0.25) is 0 Å². The zero-order chi connectivity index (χ0) is 13.0. The number of hydrogen-bond acceptors (Lipinski definition) is 4. The van der Waals surface area contributed by atoms with Crippen molar-refractivity contribution in [2.24, 2.45) is 0 Å². The first kappa shape index (κ1) is 12.6. The van der Waals surface area contributed by atoms with E-state index in [2.05, 4.69) is 12.2 Å². The summed E-state index contributed by atoms with van der Waals surface area (Å²) in [7, 11) is 1.38. The molecule has 0 aliphatic carbocycles. The van der Waals surface area contributed by atoms with E-state index in [1.807, 2.05) is 30.3 Å². The van der Waals surface area contributed by atoms with Crippen molar-refractivity contribution in [3.8, 4) is 0 Å². The Balaban J connectivity index is 2.11. The minimum Gasteiger partial charge on any atom is -0.466 e. The minimum atomic E-state index is -0.324.